The zero-order chi connectivity index (χ0) is 22.9. The molecule has 3 aromatic carbocycles. The number of amides is 1. The molecule has 7 nitrogen and oxygen atoms in total. The van der Waals surface area contributed by atoms with Gasteiger partial charge in [-0.25, -0.2) is 13.2 Å². The van der Waals surface area contributed by atoms with Crippen molar-refractivity contribution in [3.63, 3.8) is 0 Å². The number of fused-ring (bicyclic) bond motifs is 1. The van der Waals surface area contributed by atoms with E-state index in [4.69, 9.17) is 4.74 Å². The molecule has 3 aromatic rings. The van der Waals surface area contributed by atoms with E-state index >= 15 is 0 Å². The molecule has 1 aliphatic rings. The summed E-state index contributed by atoms with van der Waals surface area (Å²) in [5.41, 5.74) is 1.68. The van der Waals surface area contributed by atoms with Crippen LogP contribution in [0, 0.1) is 0 Å². The minimum Gasteiger partial charge on any atom is -0.490 e. The molecular formula is C23H18BrNO6S. The van der Waals surface area contributed by atoms with Crippen LogP contribution in [-0.4, -0.2) is 38.6 Å². The number of hydrogen-bond acceptors (Lipinski definition) is 5. The lowest BCUT2D eigenvalue weighted by Gasteiger charge is -2.15. The quantitative estimate of drug-likeness (QED) is 0.532. The van der Waals surface area contributed by atoms with Gasteiger partial charge in [0.1, 0.15) is 11.5 Å². The van der Waals surface area contributed by atoms with Crippen molar-refractivity contribution >= 4 is 37.6 Å². The summed E-state index contributed by atoms with van der Waals surface area (Å²) in [6.45, 7) is 0.361. The first-order valence-electron chi connectivity index (χ1n) is 9.65. The molecule has 32 heavy (non-hydrogen) atoms. The van der Waals surface area contributed by atoms with Gasteiger partial charge >= 0.3 is 5.97 Å². The zero-order valence-electron chi connectivity index (χ0n) is 16.7. The molecule has 0 bridgehead atoms. The van der Waals surface area contributed by atoms with Crippen LogP contribution in [-0.2, 0) is 15.6 Å². The molecule has 0 radical (unpaired) electrons. The van der Waals surface area contributed by atoms with Gasteiger partial charge in [-0.1, -0.05) is 52.3 Å². The lowest BCUT2D eigenvalue weighted by molar-refractivity contribution is 0.0695. The third kappa shape index (κ3) is 4.39. The van der Waals surface area contributed by atoms with Gasteiger partial charge in [-0.2, -0.15) is 0 Å². The first-order valence-corrected chi connectivity index (χ1v) is 12.1. The summed E-state index contributed by atoms with van der Waals surface area (Å²) >= 11 is 3.26. The molecule has 0 aromatic heterocycles. The van der Waals surface area contributed by atoms with Gasteiger partial charge in [-0.3, -0.25) is 4.79 Å². The van der Waals surface area contributed by atoms with E-state index in [2.05, 4.69) is 21.2 Å². The van der Waals surface area contributed by atoms with Crippen LogP contribution in [0.25, 0.3) is 11.1 Å². The molecule has 0 unspecified atom stereocenters. The number of carbonyl (C=O) groups is 2. The first kappa shape index (κ1) is 22.0. The van der Waals surface area contributed by atoms with Gasteiger partial charge in [-0.05, 0) is 41.0 Å². The maximum Gasteiger partial charge on any atom is 0.335 e. The lowest BCUT2D eigenvalue weighted by atomic mass is 10.00. The number of halogens is 1. The van der Waals surface area contributed by atoms with Crippen LogP contribution in [0.1, 0.15) is 26.3 Å². The van der Waals surface area contributed by atoms with Gasteiger partial charge in [-0.15, -0.1) is 0 Å². The van der Waals surface area contributed by atoms with Crippen molar-refractivity contribution in [2.45, 2.75) is 10.6 Å². The summed E-state index contributed by atoms with van der Waals surface area (Å²) in [4.78, 5) is 24.0. The van der Waals surface area contributed by atoms with Crippen molar-refractivity contribution < 1.29 is 27.9 Å². The Morgan fingerprint density at radius 3 is 2.53 bits per heavy atom. The first-order chi connectivity index (χ1) is 15.3. The fraction of sp³-hybridized carbons (Fsp3) is 0.130. The van der Waals surface area contributed by atoms with Crippen molar-refractivity contribution in [2.24, 2.45) is 0 Å². The molecule has 1 aliphatic heterocycles. The van der Waals surface area contributed by atoms with Crippen LogP contribution >= 0.6 is 15.9 Å². The smallest absolute Gasteiger partial charge is 0.335 e. The highest BCUT2D eigenvalue weighted by Gasteiger charge is 2.29. The van der Waals surface area contributed by atoms with Crippen molar-refractivity contribution in [1.82, 2.24) is 5.32 Å². The summed E-state index contributed by atoms with van der Waals surface area (Å²) in [5.74, 6) is -2.26. The second-order valence-electron chi connectivity index (χ2n) is 7.19. The third-order valence-electron chi connectivity index (χ3n) is 5.02. The predicted molar refractivity (Wildman–Crippen MR) is 122 cm³/mol. The van der Waals surface area contributed by atoms with Crippen LogP contribution < -0.4 is 10.1 Å². The van der Waals surface area contributed by atoms with Crippen LogP contribution in [0.4, 0.5) is 0 Å². The van der Waals surface area contributed by atoms with Gasteiger partial charge in [0.05, 0.1) is 23.4 Å². The van der Waals surface area contributed by atoms with Gasteiger partial charge in [0, 0.05) is 4.47 Å². The van der Waals surface area contributed by atoms with E-state index in [9.17, 15) is 23.1 Å². The van der Waals surface area contributed by atoms with E-state index in [1.54, 1.807) is 12.1 Å². The van der Waals surface area contributed by atoms with Crippen LogP contribution in [0.3, 0.4) is 0 Å². The predicted octanol–water partition coefficient (Wildman–Crippen LogP) is 3.91. The molecule has 0 saturated heterocycles. The van der Waals surface area contributed by atoms with Crippen LogP contribution in [0.15, 0.2) is 70.0 Å². The summed E-state index contributed by atoms with van der Waals surface area (Å²) in [5, 5.41) is 12.3. The molecule has 0 saturated carbocycles. The Bertz CT molecular complexity index is 1320. The van der Waals surface area contributed by atoms with Gasteiger partial charge in [0.25, 0.3) is 5.91 Å². The highest BCUT2D eigenvalue weighted by molar-refractivity contribution is 9.10. The van der Waals surface area contributed by atoms with Gasteiger partial charge in [0.15, 0.2) is 15.6 Å². The number of nitrogens with one attached hydrogen (secondary N) is 1. The van der Waals surface area contributed by atoms with E-state index < -0.39 is 27.5 Å². The molecule has 0 fully saturated rings. The highest BCUT2D eigenvalue weighted by atomic mass is 79.9. The highest BCUT2D eigenvalue weighted by Crippen LogP contribution is 2.35. The van der Waals surface area contributed by atoms with E-state index in [-0.39, 0.29) is 40.5 Å². The van der Waals surface area contributed by atoms with Gasteiger partial charge < -0.3 is 15.2 Å². The Morgan fingerprint density at radius 2 is 1.81 bits per heavy atom. The Morgan fingerprint density at radius 1 is 1.06 bits per heavy atom. The number of sulfone groups is 1. The monoisotopic (exact) mass is 515 g/mol. The second-order valence-corrected chi connectivity index (χ2v) is 10.1. The number of carboxylic acid groups (broad SMARTS) is 1. The number of carboxylic acids is 1. The molecular weight excluding hydrogens is 498 g/mol. The Hall–Kier alpha value is -3.17. The zero-order valence-corrected chi connectivity index (χ0v) is 19.1. The molecule has 0 aliphatic carbocycles. The van der Waals surface area contributed by atoms with Crippen molar-refractivity contribution in [1.29, 1.82) is 0 Å². The normalized spacial score (nSPS) is 13.5. The number of ether oxygens (including phenoxy) is 1. The minimum absolute atomic E-state index is 0.0284. The number of benzene rings is 3. The molecule has 164 valence electrons. The average Bonchev–Trinajstić information content (AvgIpc) is 2.94. The maximum atomic E-state index is 13.4. The molecule has 9 heteroatoms. The molecule has 0 atom stereocenters. The van der Waals surface area contributed by atoms with Crippen molar-refractivity contribution in [3.05, 3.63) is 81.8 Å². The molecule has 1 heterocycles. The lowest BCUT2D eigenvalue weighted by Crippen LogP contribution is -2.24. The molecule has 0 spiro atoms. The average molecular weight is 516 g/mol. The number of rotatable bonds is 5. The van der Waals surface area contributed by atoms with Crippen molar-refractivity contribution in [3.8, 4) is 16.9 Å². The Labute approximate surface area is 193 Å². The van der Waals surface area contributed by atoms with E-state index in [0.717, 1.165) is 5.56 Å². The SMILES string of the molecule is O=C(O)c1ccc(-c2ccccc2)cc1CS(=O)(=O)c1cc(Br)cc2c1OCCNC2=O. The molecule has 4 rings (SSSR count). The van der Waals surface area contributed by atoms with Crippen LogP contribution in [0.5, 0.6) is 5.75 Å². The summed E-state index contributed by atoms with van der Waals surface area (Å²) in [6.07, 6.45) is 0. The topological polar surface area (TPSA) is 110 Å². The molecule has 2 N–H and O–H groups in total. The molecule has 1 amide bonds. The maximum absolute atomic E-state index is 13.4. The second kappa shape index (κ2) is 8.76. The largest absolute Gasteiger partial charge is 0.490 e. The number of carbonyl (C=O) groups excluding carboxylic acids is 1. The van der Waals surface area contributed by atoms with Gasteiger partial charge in [0.2, 0.25) is 0 Å². The summed E-state index contributed by atoms with van der Waals surface area (Å²) < 4.78 is 32.9. The fourth-order valence-electron chi connectivity index (χ4n) is 3.54. The third-order valence-corrected chi connectivity index (χ3v) is 7.14. The summed E-state index contributed by atoms with van der Waals surface area (Å²) in [6, 6.07) is 16.7. The van der Waals surface area contributed by atoms with E-state index in [0.29, 0.717) is 10.0 Å². The minimum atomic E-state index is -4.07. The fourth-order valence-corrected chi connectivity index (χ4v) is 5.72. The number of aromatic carboxylic acids is 1. The standard InChI is InChI=1S/C23H18BrNO6S/c24-17-11-19-21(31-9-8-25-22(19)26)20(12-17)32(29,30)13-16-10-15(6-7-18(16)23(27)28)14-4-2-1-3-5-14/h1-7,10-12H,8-9,13H2,(H,25,26)(H,27,28). The number of hydrogen-bond donors (Lipinski definition) is 2. The summed E-state index contributed by atoms with van der Waals surface area (Å²) in [7, 11) is -4.07. The van der Waals surface area contributed by atoms with E-state index in [1.807, 2.05) is 30.3 Å². The Balaban J connectivity index is 1.82. The van der Waals surface area contributed by atoms with Crippen LogP contribution in [0.2, 0.25) is 0 Å². The van der Waals surface area contributed by atoms with E-state index in [1.165, 1.54) is 18.2 Å². The van der Waals surface area contributed by atoms with Crippen molar-refractivity contribution in [2.75, 3.05) is 13.2 Å². The Kier molecular flexibility index (Phi) is 6.03.